The second-order valence-corrected chi connectivity index (χ2v) is 6.70. The van der Waals surface area contributed by atoms with Gasteiger partial charge in [-0.3, -0.25) is 9.36 Å². The highest BCUT2D eigenvalue weighted by atomic mass is 16.6. The van der Waals surface area contributed by atoms with Gasteiger partial charge in [0.2, 0.25) is 0 Å². The third-order valence-electron chi connectivity index (χ3n) is 4.81. The summed E-state index contributed by atoms with van der Waals surface area (Å²) >= 11 is 0. The molecule has 1 aliphatic heterocycles. The predicted molar refractivity (Wildman–Crippen MR) is 114 cm³/mol. The van der Waals surface area contributed by atoms with Crippen molar-refractivity contribution in [2.75, 3.05) is 13.2 Å². The number of ether oxygens (including phenoxy) is 2. The van der Waals surface area contributed by atoms with Crippen molar-refractivity contribution in [1.82, 2.24) is 9.55 Å². The van der Waals surface area contributed by atoms with Gasteiger partial charge >= 0.3 is 0 Å². The number of rotatable bonds is 3. The molecule has 0 spiro atoms. The molecule has 142 valence electrons. The maximum atomic E-state index is 13.2. The van der Waals surface area contributed by atoms with Gasteiger partial charge in [0.1, 0.15) is 19.0 Å². The number of para-hydroxylation sites is 2. The fourth-order valence-corrected chi connectivity index (χ4v) is 3.42. The lowest BCUT2D eigenvalue weighted by Gasteiger charge is -2.18. The van der Waals surface area contributed by atoms with Gasteiger partial charge in [-0.1, -0.05) is 42.5 Å². The average molecular weight is 382 g/mol. The van der Waals surface area contributed by atoms with Crippen LogP contribution in [0.25, 0.3) is 28.7 Å². The molecular weight excluding hydrogens is 364 g/mol. The largest absolute Gasteiger partial charge is 0.486 e. The van der Waals surface area contributed by atoms with Gasteiger partial charge in [0, 0.05) is 0 Å². The minimum Gasteiger partial charge on any atom is -0.486 e. The number of fused-ring (bicyclic) bond motifs is 2. The van der Waals surface area contributed by atoms with Crippen LogP contribution in [0, 0.1) is 0 Å². The van der Waals surface area contributed by atoms with E-state index in [2.05, 4.69) is 0 Å². The Labute approximate surface area is 167 Å². The van der Waals surface area contributed by atoms with Crippen molar-refractivity contribution in [3.8, 4) is 17.2 Å². The third kappa shape index (κ3) is 3.27. The SMILES string of the molecule is O=c1c2ccccc2nc(C=Cc2ccc3c(c2)OCCO3)n1-c1ccccc1. The number of nitrogens with zero attached hydrogens (tertiary/aromatic N) is 2. The molecule has 0 amide bonds. The molecule has 29 heavy (non-hydrogen) atoms. The summed E-state index contributed by atoms with van der Waals surface area (Å²) in [6.45, 7) is 1.10. The van der Waals surface area contributed by atoms with E-state index in [-0.39, 0.29) is 5.56 Å². The Morgan fingerprint density at radius 1 is 0.828 bits per heavy atom. The average Bonchev–Trinajstić information content (AvgIpc) is 2.78. The van der Waals surface area contributed by atoms with E-state index in [0.29, 0.717) is 29.9 Å². The Kier molecular flexibility index (Phi) is 4.33. The molecule has 0 bridgehead atoms. The van der Waals surface area contributed by atoms with Crippen LogP contribution in [0.5, 0.6) is 11.5 Å². The zero-order valence-electron chi connectivity index (χ0n) is 15.6. The van der Waals surface area contributed by atoms with Gasteiger partial charge in [0.15, 0.2) is 11.5 Å². The van der Waals surface area contributed by atoms with E-state index in [1.807, 2.05) is 78.9 Å². The molecule has 1 aromatic heterocycles. The second kappa shape index (κ2) is 7.28. The molecule has 0 fully saturated rings. The van der Waals surface area contributed by atoms with Crippen molar-refractivity contribution >= 4 is 23.1 Å². The molecule has 0 radical (unpaired) electrons. The van der Waals surface area contributed by atoms with Crippen LogP contribution in [0.1, 0.15) is 11.4 Å². The summed E-state index contributed by atoms with van der Waals surface area (Å²) < 4.78 is 12.9. The first kappa shape index (κ1) is 17.3. The lowest BCUT2D eigenvalue weighted by molar-refractivity contribution is 0.171. The van der Waals surface area contributed by atoms with Crippen LogP contribution >= 0.6 is 0 Å². The van der Waals surface area contributed by atoms with Crippen molar-refractivity contribution < 1.29 is 9.47 Å². The molecule has 1 aliphatic rings. The summed E-state index contributed by atoms with van der Waals surface area (Å²) in [4.78, 5) is 17.9. The zero-order chi connectivity index (χ0) is 19.6. The lowest BCUT2D eigenvalue weighted by atomic mass is 10.1. The molecular formula is C24H18N2O3. The first-order valence-electron chi connectivity index (χ1n) is 9.44. The standard InChI is InChI=1S/C24H18N2O3/c27-24-19-8-4-5-9-20(19)25-23(26(24)18-6-2-1-3-7-18)13-11-17-10-12-21-22(16-17)29-15-14-28-21/h1-13,16H,14-15H2. The minimum atomic E-state index is -0.0939. The van der Waals surface area contributed by atoms with Gasteiger partial charge in [-0.05, 0) is 48.0 Å². The van der Waals surface area contributed by atoms with E-state index >= 15 is 0 Å². The molecule has 0 unspecified atom stereocenters. The molecule has 5 nitrogen and oxygen atoms in total. The molecule has 0 saturated heterocycles. The molecule has 2 heterocycles. The quantitative estimate of drug-likeness (QED) is 0.529. The van der Waals surface area contributed by atoms with Crippen molar-refractivity contribution in [1.29, 1.82) is 0 Å². The number of benzene rings is 3. The molecule has 5 rings (SSSR count). The zero-order valence-corrected chi connectivity index (χ0v) is 15.6. The number of hydrogen-bond acceptors (Lipinski definition) is 4. The predicted octanol–water partition coefficient (Wildman–Crippen LogP) is 4.33. The molecule has 0 atom stereocenters. The lowest BCUT2D eigenvalue weighted by Crippen LogP contribution is -2.22. The summed E-state index contributed by atoms with van der Waals surface area (Å²) in [6.07, 6.45) is 3.78. The Hall–Kier alpha value is -3.86. The third-order valence-corrected chi connectivity index (χ3v) is 4.81. The van der Waals surface area contributed by atoms with Gasteiger partial charge in [-0.2, -0.15) is 0 Å². The summed E-state index contributed by atoms with van der Waals surface area (Å²) in [5.74, 6) is 2.04. The van der Waals surface area contributed by atoms with E-state index in [9.17, 15) is 4.79 Å². The van der Waals surface area contributed by atoms with Crippen LogP contribution < -0.4 is 15.0 Å². The molecule has 0 N–H and O–H groups in total. The Morgan fingerprint density at radius 3 is 2.45 bits per heavy atom. The van der Waals surface area contributed by atoms with Crippen LogP contribution in [0.3, 0.4) is 0 Å². The minimum absolute atomic E-state index is 0.0939. The van der Waals surface area contributed by atoms with Crippen LogP contribution in [0.4, 0.5) is 0 Å². The summed E-state index contributed by atoms with van der Waals surface area (Å²) in [5.41, 5.74) is 2.30. The first-order valence-corrected chi connectivity index (χ1v) is 9.44. The van der Waals surface area contributed by atoms with Crippen LogP contribution in [-0.4, -0.2) is 22.8 Å². The van der Waals surface area contributed by atoms with E-state index in [0.717, 1.165) is 22.7 Å². The maximum absolute atomic E-state index is 13.2. The van der Waals surface area contributed by atoms with Crippen molar-refractivity contribution in [2.24, 2.45) is 0 Å². The maximum Gasteiger partial charge on any atom is 0.266 e. The number of hydrogen-bond donors (Lipinski definition) is 0. The monoisotopic (exact) mass is 382 g/mol. The van der Waals surface area contributed by atoms with Gasteiger partial charge in [0.05, 0.1) is 16.6 Å². The molecule has 0 saturated carbocycles. The van der Waals surface area contributed by atoms with Gasteiger partial charge in [0.25, 0.3) is 5.56 Å². The van der Waals surface area contributed by atoms with Gasteiger partial charge in [-0.15, -0.1) is 0 Å². The van der Waals surface area contributed by atoms with Crippen LogP contribution in [0.15, 0.2) is 77.6 Å². The fourth-order valence-electron chi connectivity index (χ4n) is 3.42. The van der Waals surface area contributed by atoms with E-state index < -0.39 is 0 Å². The fraction of sp³-hybridized carbons (Fsp3) is 0.0833. The topological polar surface area (TPSA) is 53.4 Å². The van der Waals surface area contributed by atoms with Gasteiger partial charge in [-0.25, -0.2) is 4.98 Å². The summed E-state index contributed by atoms with van der Waals surface area (Å²) in [6, 6.07) is 22.7. The van der Waals surface area contributed by atoms with Crippen molar-refractivity contribution in [2.45, 2.75) is 0 Å². The summed E-state index contributed by atoms with van der Waals surface area (Å²) in [5, 5.41) is 0.591. The molecule has 3 aromatic carbocycles. The highest BCUT2D eigenvalue weighted by Gasteiger charge is 2.12. The number of aromatic nitrogens is 2. The van der Waals surface area contributed by atoms with Gasteiger partial charge < -0.3 is 9.47 Å². The second-order valence-electron chi connectivity index (χ2n) is 6.70. The van der Waals surface area contributed by atoms with Crippen LogP contribution in [-0.2, 0) is 0 Å². The highest BCUT2D eigenvalue weighted by Crippen LogP contribution is 2.31. The highest BCUT2D eigenvalue weighted by molar-refractivity contribution is 5.80. The Balaban J connectivity index is 1.64. The van der Waals surface area contributed by atoms with Crippen molar-refractivity contribution in [3.63, 3.8) is 0 Å². The van der Waals surface area contributed by atoms with Crippen molar-refractivity contribution in [3.05, 3.63) is 94.5 Å². The summed E-state index contributed by atoms with van der Waals surface area (Å²) in [7, 11) is 0. The van der Waals surface area contributed by atoms with E-state index in [4.69, 9.17) is 14.5 Å². The van der Waals surface area contributed by atoms with E-state index in [1.54, 1.807) is 10.6 Å². The van der Waals surface area contributed by atoms with E-state index in [1.165, 1.54) is 0 Å². The normalized spacial score (nSPS) is 13.1. The first-order chi connectivity index (χ1) is 14.3. The Bertz CT molecular complexity index is 1280. The molecule has 4 aromatic rings. The molecule has 0 aliphatic carbocycles. The molecule has 5 heteroatoms. The van der Waals surface area contributed by atoms with Crippen LogP contribution in [0.2, 0.25) is 0 Å². The Morgan fingerprint density at radius 2 is 1.59 bits per heavy atom. The smallest absolute Gasteiger partial charge is 0.266 e.